The van der Waals surface area contributed by atoms with E-state index in [1.807, 2.05) is 13.0 Å². The fraction of sp³-hybridized carbons (Fsp3) is 0.464. The van der Waals surface area contributed by atoms with Crippen LogP contribution in [0.3, 0.4) is 0 Å². The predicted molar refractivity (Wildman–Crippen MR) is 150 cm³/mol. The van der Waals surface area contributed by atoms with Crippen molar-refractivity contribution in [1.82, 2.24) is 14.9 Å². The Morgan fingerprint density at radius 1 is 1.26 bits per heavy atom. The number of benzene rings is 1. The lowest BCUT2D eigenvalue weighted by Gasteiger charge is -2.25. The Hall–Kier alpha value is -3.21. The van der Waals surface area contributed by atoms with Crippen LogP contribution in [0.4, 0.5) is 11.5 Å². The highest BCUT2D eigenvalue weighted by molar-refractivity contribution is 7.18. The van der Waals surface area contributed by atoms with Gasteiger partial charge in [-0.25, -0.2) is 14.8 Å². The Labute approximate surface area is 226 Å². The van der Waals surface area contributed by atoms with Crippen LogP contribution in [0.15, 0.2) is 30.5 Å². The summed E-state index contributed by atoms with van der Waals surface area (Å²) < 4.78 is 8.22. The second kappa shape index (κ2) is 11.7. The van der Waals surface area contributed by atoms with Gasteiger partial charge in [0.2, 0.25) is 0 Å². The number of hydrogen-bond donors (Lipinski definition) is 2. The van der Waals surface area contributed by atoms with E-state index in [4.69, 9.17) is 15.5 Å². The first-order valence-corrected chi connectivity index (χ1v) is 14.2. The van der Waals surface area contributed by atoms with E-state index < -0.39 is 11.8 Å². The number of thiazole rings is 1. The van der Waals surface area contributed by atoms with Crippen LogP contribution in [0, 0.1) is 5.92 Å². The normalized spacial score (nSPS) is 18.6. The number of aryl methyl sites for hydroxylation is 1. The van der Waals surface area contributed by atoms with Crippen LogP contribution in [-0.2, 0) is 27.2 Å². The summed E-state index contributed by atoms with van der Waals surface area (Å²) in [6.45, 7) is 9.08. The van der Waals surface area contributed by atoms with Gasteiger partial charge >= 0.3 is 11.8 Å². The van der Waals surface area contributed by atoms with Gasteiger partial charge in [-0.15, -0.1) is 11.3 Å². The van der Waals surface area contributed by atoms with Crippen molar-refractivity contribution >= 4 is 50.6 Å². The van der Waals surface area contributed by atoms with Gasteiger partial charge in [-0.05, 0) is 42.7 Å². The van der Waals surface area contributed by atoms with Gasteiger partial charge in [-0.2, -0.15) is 4.58 Å². The number of pyridine rings is 1. The SMILES string of the molecule is CCc1cc(NC(=O)C(=O)[N+]2=C(c3ccc4sc(CCN5CCOCC5)nc4c3)CC[C@H](C)C2)cnc1N. The maximum Gasteiger partial charge on any atom is 0.477 e. The molecule has 4 heterocycles. The molecule has 2 aromatic heterocycles. The smallest absolute Gasteiger partial charge is 0.383 e. The number of ether oxygens (including phenoxy) is 1. The summed E-state index contributed by atoms with van der Waals surface area (Å²) in [7, 11) is 0. The molecule has 0 saturated carbocycles. The number of fused-ring (bicyclic) bond motifs is 1. The van der Waals surface area contributed by atoms with Crippen LogP contribution in [0.2, 0.25) is 0 Å². The number of amides is 2. The van der Waals surface area contributed by atoms with E-state index in [9.17, 15) is 9.59 Å². The fourth-order valence-electron chi connectivity index (χ4n) is 5.06. The maximum absolute atomic E-state index is 13.4. The Bertz CT molecular complexity index is 1380. The number of carbonyl (C=O) groups excluding carboxylic acids is 2. The highest BCUT2D eigenvalue weighted by Gasteiger charge is 2.36. The Morgan fingerprint density at radius 3 is 2.87 bits per heavy atom. The molecule has 1 fully saturated rings. The molecular weight excluding hydrogens is 500 g/mol. The second-order valence-corrected chi connectivity index (χ2v) is 11.2. The number of aromatic nitrogens is 2. The van der Waals surface area contributed by atoms with Crippen molar-refractivity contribution in [2.24, 2.45) is 5.92 Å². The highest BCUT2D eigenvalue weighted by Crippen LogP contribution is 2.26. The minimum absolute atomic E-state index is 0.301. The lowest BCUT2D eigenvalue weighted by atomic mass is 9.94. The molecular formula is C28H35N6O3S+. The number of nitrogen functional groups attached to an aromatic ring is 1. The van der Waals surface area contributed by atoms with Crippen molar-refractivity contribution in [3.8, 4) is 0 Å². The van der Waals surface area contributed by atoms with E-state index in [0.29, 0.717) is 30.4 Å². The molecule has 2 amide bonds. The first-order valence-electron chi connectivity index (χ1n) is 13.3. The standard InChI is InChI=1S/C28H34N6O3S/c1-3-19-14-21(16-30-26(19)29)31-27(35)28(36)34-17-18(2)4-6-23(34)20-5-7-24-22(15-20)32-25(38-24)8-9-33-10-12-37-13-11-33/h5,7,14-16,18H,3-4,6,8-13,17H2,1-2H3,(H2-,29,30,31,35,36)/p+1/t18-/m0/s1. The highest BCUT2D eigenvalue weighted by atomic mass is 32.1. The molecule has 3 N–H and O–H groups in total. The molecule has 9 nitrogen and oxygen atoms in total. The Morgan fingerprint density at radius 2 is 2.08 bits per heavy atom. The van der Waals surface area contributed by atoms with Crippen LogP contribution in [0.25, 0.3) is 10.2 Å². The zero-order valence-corrected chi connectivity index (χ0v) is 22.9. The Balaban J connectivity index is 1.36. The summed E-state index contributed by atoms with van der Waals surface area (Å²) >= 11 is 1.72. The van der Waals surface area contributed by atoms with Gasteiger partial charge in [-0.1, -0.05) is 13.8 Å². The number of carbonyl (C=O) groups is 2. The van der Waals surface area contributed by atoms with Crippen LogP contribution in [0.1, 0.15) is 42.8 Å². The van der Waals surface area contributed by atoms with Gasteiger partial charge in [0.05, 0.1) is 40.3 Å². The second-order valence-electron chi connectivity index (χ2n) is 10.1. The lowest BCUT2D eigenvalue weighted by Crippen LogP contribution is -2.42. The van der Waals surface area contributed by atoms with E-state index in [1.165, 1.54) is 6.20 Å². The van der Waals surface area contributed by atoms with Gasteiger partial charge in [0, 0.05) is 44.0 Å². The maximum atomic E-state index is 13.4. The molecule has 0 bridgehead atoms. The van der Waals surface area contributed by atoms with Crippen LogP contribution in [-0.4, -0.2) is 76.4 Å². The minimum Gasteiger partial charge on any atom is -0.383 e. The molecule has 0 unspecified atom stereocenters. The molecule has 38 heavy (non-hydrogen) atoms. The number of anilines is 2. The third-order valence-electron chi connectivity index (χ3n) is 7.28. The molecule has 1 aromatic carbocycles. The van der Waals surface area contributed by atoms with E-state index in [0.717, 1.165) is 84.2 Å². The number of nitrogens with zero attached hydrogens (tertiary/aromatic N) is 4. The minimum atomic E-state index is -0.676. The van der Waals surface area contributed by atoms with Crippen molar-refractivity contribution in [2.45, 2.75) is 39.5 Å². The van der Waals surface area contributed by atoms with Gasteiger partial charge in [0.25, 0.3) is 0 Å². The molecule has 10 heteroatoms. The number of morpholine rings is 1. The summed E-state index contributed by atoms with van der Waals surface area (Å²) in [5, 5.41) is 3.83. The number of hydrogen-bond acceptors (Lipinski definition) is 8. The van der Waals surface area contributed by atoms with Crippen molar-refractivity contribution in [1.29, 1.82) is 0 Å². The molecule has 5 rings (SSSR count). The molecule has 0 radical (unpaired) electrons. The summed E-state index contributed by atoms with van der Waals surface area (Å²) in [6, 6.07) is 7.96. The topological polar surface area (TPSA) is 113 Å². The van der Waals surface area contributed by atoms with E-state index in [1.54, 1.807) is 22.0 Å². The van der Waals surface area contributed by atoms with Gasteiger partial charge in [0.1, 0.15) is 5.82 Å². The van der Waals surface area contributed by atoms with Crippen LogP contribution < -0.4 is 11.1 Å². The number of nitrogens with two attached hydrogens (primary N) is 1. The average molecular weight is 536 g/mol. The zero-order chi connectivity index (χ0) is 26.6. The summed E-state index contributed by atoms with van der Waals surface area (Å²) in [5.41, 5.74) is 9.93. The quantitative estimate of drug-likeness (QED) is 0.368. The average Bonchev–Trinajstić information content (AvgIpc) is 3.35. The third kappa shape index (κ3) is 5.92. The summed E-state index contributed by atoms with van der Waals surface area (Å²) in [4.78, 5) is 37.8. The molecule has 200 valence electrons. The van der Waals surface area contributed by atoms with Gasteiger partial charge in [0.15, 0.2) is 12.3 Å². The molecule has 2 aliphatic rings. The van der Waals surface area contributed by atoms with E-state index in [2.05, 4.69) is 34.3 Å². The molecule has 1 atom stereocenters. The molecule has 1 saturated heterocycles. The molecule has 0 aliphatic carbocycles. The molecule has 2 aliphatic heterocycles. The summed E-state index contributed by atoms with van der Waals surface area (Å²) in [5.74, 6) is -0.509. The third-order valence-corrected chi connectivity index (χ3v) is 8.38. The number of rotatable bonds is 6. The van der Waals surface area contributed by atoms with E-state index in [-0.39, 0.29) is 0 Å². The van der Waals surface area contributed by atoms with Crippen molar-refractivity contribution in [2.75, 3.05) is 50.4 Å². The van der Waals surface area contributed by atoms with Crippen LogP contribution in [0.5, 0.6) is 0 Å². The van der Waals surface area contributed by atoms with Gasteiger partial charge in [-0.3, -0.25) is 9.69 Å². The zero-order valence-electron chi connectivity index (χ0n) is 22.0. The van der Waals surface area contributed by atoms with Crippen molar-refractivity contribution < 1.29 is 18.9 Å². The first kappa shape index (κ1) is 26.4. The van der Waals surface area contributed by atoms with Crippen molar-refractivity contribution in [3.05, 3.63) is 46.6 Å². The van der Waals surface area contributed by atoms with Gasteiger partial charge < -0.3 is 15.8 Å². The Kier molecular flexibility index (Phi) is 8.11. The fourth-order valence-corrected chi connectivity index (χ4v) is 5.99. The predicted octanol–water partition coefficient (Wildman–Crippen LogP) is 3.11. The van der Waals surface area contributed by atoms with Crippen LogP contribution >= 0.6 is 11.3 Å². The number of nitrogens with one attached hydrogen (secondary N) is 1. The largest absolute Gasteiger partial charge is 0.477 e. The molecule has 3 aromatic rings. The summed E-state index contributed by atoms with van der Waals surface area (Å²) in [6.07, 6.45) is 4.76. The lowest BCUT2D eigenvalue weighted by molar-refractivity contribution is -0.456. The van der Waals surface area contributed by atoms with E-state index >= 15 is 0 Å². The first-order chi connectivity index (χ1) is 18.4. The van der Waals surface area contributed by atoms with Crippen molar-refractivity contribution in [3.63, 3.8) is 0 Å². The monoisotopic (exact) mass is 535 g/mol. The molecule has 0 spiro atoms.